The summed E-state index contributed by atoms with van der Waals surface area (Å²) in [4.78, 5) is 11.3. The van der Waals surface area contributed by atoms with Crippen LogP contribution in [0.4, 0.5) is 5.69 Å². The van der Waals surface area contributed by atoms with Crippen molar-refractivity contribution in [2.24, 2.45) is 5.10 Å². The minimum Gasteiger partial charge on any atom is -0.476 e. The van der Waals surface area contributed by atoms with Gasteiger partial charge in [-0.25, -0.2) is 4.79 Å². The standard InChI is InChI=1S/C14H10BrClN2O2/c15-10-4-6-12(7-5-10)17-18-13(14(19)20)9-2-1-3-11(16)8-9/h1-8,17H,(H,19,20). The minimum atomic E-state index is -1.13. The Kier molecular flexibility index (Phi) is 4.76. The smallest absolute Gasteiger partial charge is 0.356 e. The monoisotopic (exact) mass is 352 g/mol. The SMILES string of the molecule is O=C(O)C(=NNc1ccc(Br)cc1)c1cccc(Cl)c1. The summed E-state index contributed by atoms with van der Waals surface area (Å²) in [6.07, 6.45) is 0. The van der Waals surface area contributed by atoms with E-state index in [9.17, 15) is 9.90 Å². The van der Waals surface area contributed by atoms with Gasteiger partial charge in [0.2, 0.25) is 0 Å². The Bertz CT molecular complexity index is 656. The highest BCUT2D eigenvalue weighted by Gasteiger charge is 2.13. The maximum Gasteiger partial charge on any atom is 0.356 e. The Balaban J connectivity index is 2.27. The van der Waals surface area contributed by atoms with Gasteiger partial charge in [0.1, 0.15) is 0 Å². The van der Waals surface area contributed by atoms with Gasteiger partial charge in [0.25, 0.3) is 0 Å². The summed E-state index contributed by atoms with van der Waals surface area (Å²) in [5.74, 6) is -1.13. The van der Waals surface area contributed by atoms with Crippen LogP contribution >= 0.6 is 27.5 Å². The van der Waals surface area contributed by atoms with E-state index < -0.39 is 5.97 Å². The van der Waals surface area contributed by atoms with Crippen molar-refractivity contribution in [3.05, 3.63) is 63.6 Å². The number of carboxylic acids is 1. The van der Waals surface area contributed by atoms with E-state index in [0.29, 0.717) is 16.3 Å². The first-order valence-corrected chi connectivity index (χ1v) is 6.82. The molecule has 0 unspecified atom stereocenters. The van der Waals surface area contributed by atoms with Crippen LogP contribution in [0.2, 0.25) is 5.02 Å². The predicted molar refractivity (Wildman–Crippen MR) is 83.4 cm³/mol. The molecule has 102 valence electrons. The molecule has 0 atom stereocenters. The van der Waals surface area contributed by atoms with Gasteiger partial charge >= 0.3 is 5.97 Å². The molecular formula is C14H10BrClN2O2. The van der Waals surface area contributed by atoms with E-state index in [1.807, 2.05) is 12.1 Å². The average Bonchev–Trinajstić information content (AvgIpc) is 2.41. The lowest BCUT2D eigenvalue weighted by Crippen LogP contribution is -2.16. The van der Waals surface area contributed by atoms with E-state index in [2.05, 4.69) is 26.5 Å². The number of benzene rings is 2. The average molecular weight is 354 g/mol. The number of nitrogens with one attached hydrogen (secondary N) is 1. The number of nitrogens with zero attached hydrogens (tertiary/aromatic N) is 1. The third-order valence-corrected chi connectivity index (χ3v) is 3.21. The van der Waals surface area contributed by atoms with Gasteiger partial charge in [-0.3, -0.25) is 5.43 Å². The summed E-state index contributed by atoms with van der Waals surface area (Å²) < 4.78 is 0.931. The number of halogens is 2. The lowest BCUT2D eigenvalue weighted by atomic mass is 10.1. The molecule has 0 spiro atoms. The molecule has 0 saturated carbocycles. The van der Waals surface area contributed by atoms with Crippen LogP contribution in [0, 0.1) is 0 Å². The van der Waals surface area contributed by atoms with Crippen molar-refractivity contribution in [1.82, 2.24) is 0 Å². The highest BCUT2D eigenvalue weighted by Crippen LogP contribution is 2.15. The van der Waals surface area contributed by atoms with Crippen LogP contribution in [0.15, 0.2) is 58.1 Å². The highest BCUT2D eigenvalue weighted by molar-refractivity contribution is 9.10. The molecule has 4 nitrogen and oxygen atoms in total. The molecule has 2 N–H and O–H groups in total. The van der Waals surface area contributed by atoms with Crippen molar-refractivity contribution in [1.29, 1.82) is 0 Å². The second kappa shape index (κ2) is 6.54. The van der Waals surface area contributed by atoms with Gasteiger partial charge in [0.05, 0.1) is 5.69 Å². The van der Waals surface area contributed by atoms with Crippen molar-refractivity contribution in [3.8, 4) is 0 Å². The fourth-order valence-corrected chi connectivity index (χ4v) is 1.97. The summed E-state index contributed by atoms with van der Waals surface area (Å²) in [5.41, 5.74) is 3.74. The normalized spacial score (nSPS) is 11.2. The molecule has 2 rings (SSSR count). The van der Waals surface area contributed by atoms with Crippen LogP contribution in [0.1, 0.15) is 5.56 Å². The van der Waals surface area contributed by atoms with Crippen LogP contribution in [-0.4, -0.2) is 16.8 Å². The first-order valence-electron chi connectivity index (χ1n) is 5.65. The minimum absolute atomic E-state index is 0.101. The quantitative estimate of drug-likeness (QED) is 0.645. The zero-order valence-corrected chi connectivity index (χ0v) is 12.5. The Morgan fingerprint density at radius 3 is 2.50 bits per heavy atom. The van der Waals surface area contributed by atoms with Crippen molar-refractivity contribution in [2.45, 2.75) is 0 Å². The van der Waals surface area contributed by atoms with Crippen LogP contribution < -0.4 is 5.43 Å². The summed E-state index contributed by atoms with van der Waals surface area (Å²) in [7, 11) is 0. The molecule has 6 heteroatoms. The number of carbonyl (C=O) groups is 1. The first-order chi connectivity index (χ1) is 9.56. The van der Waals surface area contributed by atoms with Crippen molar-refractivity contribution in [3.63, 3.8) is 0 Å². The molecule has 0 radical (unpaired) electrons. The van der Waals surface area contributed by atoms with Crippen molar-refractivity contribution >= 4 is 44.9 Å². The topological polar surface area (TPSA) is 61.7 Å². The third-order valence-electron chi connectivity index (χ3n) is 2.44. The number of hydrazone groups is 1. The Morgan fingerprint density at radius 2 is 1.90 bits per heavy atom. The Hall–Kier alpha value is -1.85. The largest absolute Gasteiger partial charge is 0.476 e. The molecule has 0 aliphatic rings. The van der Waals surface area contributed by atoms with Gasteiger partial charge in [-0.05, 0) is 36.4 Å². The number of anilines is 1. The number of aliphatic carboxylic acids is 1. The summed E-state index contributed by atoms with van der Waals surface area (Å²) in [6, 6.07) is 13.8. The molecule has 2 aromatic carbocycles. The van der Waals surface area contributed by atoms with Gasteiger partial charge in [-0.1, -0.05) is 39.7 Å². The van der Waals surface area contributed by atoms with E-state index in [-0.39, 0.29) is 5.71 Å². The summed E-state index contributed by atoms with van der Waals surface area (Å²) in [5, 5.41) is 13.6. The second-order valence-electron chi connectivity index (χ2n) is 3.89. The molecule has 0 amide bonds. The molecule has 2 aromatic rings. The highest BCUT2D eigenvalue weighted by atomic mass is 79.9. The first kappa shape index (κ1) is 14.6. The third kappa shape index (κ3) is 3.82. The Morgan fingerprint density at radius 1 is 1.20 bits per heavy atom. The predicted octanol–water partition coefficient (Wildman–Crippen LogP) is 4.00. The zero-order chi connectivity index (χ0) is 14.5. The van der Waals surface area contributed by atoms with E-state index in [0.717, 1.165) is 4.47 Å². The number of hydrogen-bond acceptors (Lipinski definition) is 3. The molecule has 0 heterocycles. The maximum atomic E-state index is 11.3. The van der Waals surface area contributed by atoms with Crippen LogP contribution in [0.25, 0.3) is 0 Å². The lowest BCUT2D eigenvalue weighted by Gasteiger charge is -2.04. The van der Waals surface area contributed by atoms with Crippen LogP contribution in [-0.2, 0) is 4.79 Å². The molecular weight excluding hydrogens is 344 g/mol. The summed E-state index contributed by atoms with van der Waals surface area (Å²) >= 11 is 9.18. The van der Waals surface area contributed by atoms with Gasteiger partial charge in [-0.2, -0.15) is 5.10 Å². The van der Waals surface area contributed by atoms with Crippen molar-refractivity contribution in [2.75, 3.05) is 5.43 Å². The van der Waals surface area contributed by atoms with Gasteiger partial charge in [0.15, 0.2) is 5.71 Å². The Labute approximate surface area is 129 Å². The molecule has 20 heavy (non-hydrogen) atoms. The number of rotatable bonds is 4. The number of hydrogen-bond donors (Lipinski definition) is 2. The van der Waals surface area contributed by atoms with Gasteiger partial charge in [0, 0.05) is 15.1 Å². The fraction of sp³-hybridized carbons (Fsp3) is 0. The van der Waals surface area contributed by atoms with E-state index >= 15 is 0 Å². The fourth-order valence-electron chi connectivity index (χ4n) is 1.52. The maximum absolute atomic E-state index is 11.3. The van der Waals surface area contributed by atoms with Crippen molar-refractivity contribution < 1.29 is 9.90 Å². The zero-order valence-electron chi connectivity index (χ0n) is 10.2. The number of carboxylic acid groups (broad SMARTS) is 1. The van der Waals surface area contributed by atoms with Crippen LogP contribution in [0.3, 0.4) is 0 Å². The van der Waals surface area contributed by atoms with E-state index in [4.69, 9.17) is 11.6 Å². The van der Waals surface area contributed by atoms with Gasteiger partial charge in [-0.15, -0.1) is 0 Å². The lowest BCUT2D eigenvalue weighted by molar-refractivity contribution is -0.129. The summed E-state index contributed by atoms with van der Waals surface area (Å²) in [6.45, 7) is 0. The van der Waals surface area contributed by atoms with Gasteiger partial charge < -0.3 is 5.11 Å². The van der Waals surface area contributed by atoms with Crippen LogP contribution in [0.5, 0.6) is 0 Å². The molecule has 0 saturated heterocycles. The molecule has 0 aromatic heterocycles. The molecule has 0 bridgehead atoms. The van der Waals surface area contributed by atoms with E-state index in [1.54, 1.807) is 36.4 Å². The molecule has 0 aliphatic heterocycles. The molecule has 0 fully saturated rings. The van der Waals surface area contributed by atoms with E-state index in [1.165, 1.54) is 0 Å². The second-order valence-corrected chi connectivity index (χ2v) is 5.25. The molecule has 0 aliphatic carbocycles.